The molecule has 1 fully saturated rings. The molecule has 0 radical (unpaired) electrons. The summed E-state index contributed by atoms with van der Waals surface area (Å²) in [7, 11) is -1.99. The van der Waals surface area contributed by atoms with Crippen LogP contribution in [0.15, 0.2) is 42.6 Å². The van der Waals surface area contributed by atoms with E-state index in [4.69, 9.17) is 9.16 Å². The molecule has 0 saturated carbocycles. The number of nitrogens with zero attached hydrogens (tertiary/aromatic N) is 2. The molecule has 0 unspecified atom stereocenters. The van der Waals surface area contributed by atoms with E-state index in [2.05, 4.69) is 44.2 Å². The number of alkyl halides is 3. The first-order chi connectivity index (χ1) is 15.8. The fourth-order valence-corrected chi connectivity index (χ4v) is 4.47. The van der Waals surface area contributed by atoms with Gasteiger partial charge in [-0.2, -0.15) is 13.2 Å². The molecule has 1 aliphatic heterocycles. The Labute approximate surface area is 199 Å². The molecule has 186 valence electrons. The quantitative estimate of drug-likeness (QED) is 0.468. The smallest absolute Gasteiger partial charge is 0.418 e. The number of hydrogen-bond acceptors (Lipinski definition) is 5. The molecule has 0 bridgehead atoms. The zero-order valence-electron chi connectivity index (χ0n) is 20.2. The molecular formula is C24H32F3N3O3Si. The molecule has 6 nitrogen and oxygen atoms in total. The van der Waals surface area contributed by atoms with E-state index < -0.39 is 26.2 Å². The van der Waals surface area contributed by atoms with E-state index in [1.165, 1.54) is 12.1 Å². The lowest BCUT2D eigenvalue weighted by atomic mass is 10.0. The van der Waals surface area contributed by atoms with Crippen LogP contribution < -0.4 is 14.6 Å². The number of halogens is 3. The van der Waals surface area contributed by atoms with Crippen molar-refractivity contribution >= 4 is 25.9 Å². The third-order valence-corrected chi connectivity index (χ3v) is 10.8. The number of ether oxygens (including phenoxy) is 1. The Bertz CT molecular complexity index is 983. The van der Waals surface area contributed by atoms with Crippen LogP contribution in [0.25, 0.3) is 0 Å². The molecule has 1 aliphatic rings. The second kappa shape index (κ2) is 9.85. The molecular weight excluding hydrogens is 463 g/mol. The van der Waals surface area contributed by atoms with Gasteiger partial charge < -0.3 is 14.1 Å². The van der Waals surface area contributed by atoms with Gasteiger partial charge in [-0.25, -0.2) is 9.78 Å². The minimum Gasteiger partial charge on any atom is -0.542 e. The highest BCUT2D eigenvalue weighted by Gasteiger charge is 2.39. The Morgan fingerprint density at radius 3 is 2.29 bits per heavy atom. The van der Waals surface area contributed by atoms with Gasteiger partial charge >= 0.3 is 12.3 Å². The molecule has 1 N–H and O–H groups in total. The average Bonchev–Trinajstić information content (AvgIpc) is 2.74. The van der Waals surface area contributed by atoms with Crippen LogP contribution in [0.3, 0.4) is 0 Å². The van der Waals surface area contributed by atoms with Crippen LogP contribution in [-0.4, -0.2) is 38.6 Å². The molecule has 34 heavy (non-hydrogen) atoms. The molecule has 1 aromatic carbocycles. The first kappa shape index (κ1) is 25.9. The van der Waals surface area contributed by atoms with Gasteiger partial charge in [0.1, 0.15) is 17.7 Å². The zero-order valence-corrected chi connectivity index (χ0v) is 21.2. The highest BCUT2D eigenvalue weighted by molar-refractivity contribution is 6.74. The Kier molecular flexibility index (Phi) is 7.49. The van der Waals surface area contributed by atoms with Gasteiger partial charge in [-0.3, -0.25) is 5.32 Å². The summed E-state index contributed by atoms with van der Waals surface area (Å²) in [6.45, 7) is 11.5. The van der Waals surface area contributed by atoms with Crippen LogP contribution in [0.5, 0.6) is 5.75 Å². The van der Waals surface area contributed by atoms with Crippen LogP contribution in [0.2, 0.25) is 18.1 Å². The van der Waals surface area contributed by atoms with Crippen molar-refractivity contribution in [2.24, 2.45) is 0 Å². The van der Waals surface area contributed by atoms with E-state index in [1.807, 2.05) is 0 Å². The van der Waals surface area contributed by atoms with E-state index >= 15 is 0 Å². The maximum absolute atomic E-state index is 13.3. The SMILES string of the molecule is CC(C)(C)[Si](C)(C)Oc1ccc(NC(=O)OC2CCN(c3ccccc3C(F)(F)F)CC2)nc1. The van der Waals surface area contributed by atoms with Gasteiger partial charge in [-0.05, 0) is 42.4 Å². The molecule has 1 amide bonds. The monoisotopic (exact) mass is 495 g/mol. The van der Waals surface area contributed by atoms with Crippen LogP contribution in [-0.2, 0) is 10.9 Å². The number of para-hydroxylation sites is 1. The number of pyridine rings is 1. The predicted molar refractivity (Wildman–Crippen MR) is 129 cm³/mol. The van der Waals surface area contributed by atoms with Crippen LogP contribution in [0.1, 0.15) is 39.2 Å². The lowest BCUT2D eigenvalue weighted by Crippen LogP contribution is -2.43. The summed E-state index contributed by atoms with van der Waals surface area (Å²) < 4.78 is 51.6. The Morgan fingerprint density at radius 2 is 1.74 bits per heavy atom. The fraction of sp³-hybridized carbons (Fsp3) is 0.500. The van der Waals surface area contributed by atoms with Crippen LogP contribution in [0.4, 0.5) is 29.5 Å². The number of amides is 1. The van der Waals surface area contributed by atoms with Crippen molar-refractivity contribution in [1.82, 2.24) is 4.98 Å². The first-order valence-corrected chi connectivity index (χ1v) is 14.2. The second-order valence-electron chi connectivity index (χ2n) is 9.97. The highest BCUT2D eigenvalue weighted by Crippen LogP contribution is 2.38. The van der Waals surface area contributed by atoms with E-state index in [-0.39, 0.29) is 16.8 Å². The topological polar surface area (TPSA) is 63.7 Å². The normalized spacial score (nSPS) is 15.7. The standard InChI is InChI=1S/C24H32F3N3O3Si/c1-23(2,3)34(4,5)33-18-10-11-21(28-16-18)29-22(31)32-17-12-14-30(15-13-17)20-9-7-6-8-19(20)24(25,26)27/h6-11,16-17H,12-15H2,1-5H3,(H,28,29,31). The van der Waals surface area contributed by atoms with Crippen molar-refractivity contribution in [1.29, 1.82) is 0 Å². The van der Waals surface area contributed by atoms with Crippen molar-refractivity contribution in [2.45, 2.75) is 64.0 Å². The average molecular weight is 496 g/mol. The number of piperidine rings is 1. The number of carbonyl (C=O) groups excluding carboxylic acids is 1. The highest BCUT2D eigenvalue weighted by atomic mass is 28.4. The summed E-state index contributed by atoms with van der Waals surface area (Å²) in [6.07, 6.45) is -2.98. The third-order valence-electron chi connectivity index (χ3n) is 6.41. The summed E-state index contributed by atoms with van der Waals surface area (Å²) in [4.78, 5) is 18.2. The minimum absolute atomic E-state index is 0.0537. The van der Waals surface area contributed by atoms with Gasteiger partial charge in [0.05, 0.1) is 11.8 Å². The van der Waals surface area contributed by atoms with E-state index in [0.29, 0.717) is 37.5 Å². The summed E-state index contributed by atoms with van der Waals surface area (Å²) in [5, 5.41) is 2.66. The van der Waals surface area contributed by atoms with Crippen molar-refractivity contribution < 1.29 is 27.1 Å². The third kappa shape index (κ3) is 6.43. The van der Waals surface area contributed by atoms with Crippen LogP contribution in [0, 0.1) is 0 Å². The van der Waals surface area contributed by atoms with E-state index in [0.717, 1.165) is 6.07 Å². The number of anilines is 2. The minimum atomic E-state index is -4.41. The number of aromatic nitrogens is 1. The Morgan fingerprint density at radius 1 is 1.09 bits per heavy atom. The van der Waals surface area contributed by atoms with E-state index in [9.17, 15) is 18.0 Å². The summed E-state index contributed by atoms with van der Waals surface area (Å²) in [5.41, 5.74) is -0.499. The Hall–Kier alpha value is -2.75. The second-order valence-corrected chi connectivity index (χ2v) is 14.7. The Balaban J connectivity index is 1.51. The van der Waals surface area contributed by atoms with E-state index in [1.54, 1.807) is 29.3 Å². The number of carbonyl (C=O) groups is 1. The molecule has 2 heterocycles. The largest absolute Gasteiger partial charge is 0.542 e. The van der Waals surface area contributed by atoms with Crippen LogP contribution >= 0.6 is 0 Å². The van der Waals surface area contributed by atoms with Crippen molar-refractivity contribution in [3.05, 3.63) is 48.2 Å². The maximum Gasteiger partial charge on any atom is 0.418 e. The van der Waals surface area contributed by atoms with Gasteiger partial charge in [-0.1, -0.05) is 32.9 Å². The molecule has 0 aliphatic carbocycles. The fourth-order valence-electron chi connectivity index (χ4n) is 3.45. The zero-order chi connectivity index (χ0) is 25.1. The lowest BCUT2D eigenvalue weighted by Gasteiger charge is -2.36. The van der Waals surface area contributed by atoms with Crippen molar-refractivity contribution in [2.75, 3.05) is 23.3 Å². The van der Waals surface area contributed by atoms with Crippen molar-refractivity contribution in [3.8, 4) is 5.75 Å². The lowest BCUT2D eigenvalue weighted by molar-refractivity contribution is -0.137. The predicted octanol–water partition coefficient (Wildman–Crippen LogP) is 6.70. The molecule has 1 saturated heterocycles. The summed E-state index contributed by atoms with van der Waals surface area (Å²) >= 11 is 0. The number of nitrogens with one attached hydrogen (secondary N) is 1. The summed E-state index contributed by atoms with van der Waals surface area (Å²) in [6, 6.07) is 8.95. The molecule has 0 spiro atoms. The molecule has 2 aromatic rings. The van der Waals surface area contributed by atoms with Gasteiger partial charge in [0.25, 0.3) is 8.32 Å². The number of benzene rings is 1. The maximum atomic E-state index is 13.3. The number of hydrogen-bond donors (Lipinski definition) is 1. The molecule has 3 rings (SSSR count). The first-order valence-electron chi connectivity index (χ1n) is 11.3. The molecule has 10 heteroatoms. The van der Waals surface area contributed by atoms with Gasteiger partial charge in [0.15, 0.2) is 0 Å². The van der Waals surface area contributed by atoms with Gasteiger partial charge in [-0.15, -0.1) is 0 Å². The van der Waals surface area contributed by atoms with Gasteiger partial charge in [0.2, 0.25) is 0 Å². The van der Waals surface area contributed by atoms with Gasteiger partial charge in [0, 0.05) is 31.6 Å². The molecule has 1 aromatic heterocycles. The molecule has 0 atom stereocenters. The summed E-state index contributed by atoms with van der Waals surface area (Å²) in [5.74, 6) is 0.987. The number of rotatable bonds is 5. The van der Waals surface area contributed by atoms with Crippen molar-refractivity contribution in [3.63, 3.8) is 0 Å².